The largest absolute Gasteiger partial charge is 0.506 e. The van der Waals surface area contributed by atoms with Crippen LogP contribution in [-0.2, 0) is 41.8 Å². The second-order valence-corrected chi connectivity index (χ2v) is 19.5. The van der Waals surface area contributed by atoms with E-state index in [1.165, 1.54) is 0 Å². The van der Waals surface area contributed by atoms with Gasteiger partial charge in [-0.05, 0) is 93.1 Å². The molecule has 2 aliphatic heterocycles. The number of Topliss-reactive ketones (excluding diaryl/α,β-unsaturated/α-hetero) is 1. The Hall–Kier alpha value is -6.28. The van der Waals surface area contributed by atoms with Gasteiger partial charge in [0.15, 0.2) is 11.3 Å². The number of fused-ring (bicyclic) bond motifs is 10. The summed E-state index contributed by atoms with van der Waals surface area (Å²) >= 11 is 29.5. The van der Waals surface area contributed by atoms with Crippen molar-refractivity contribution in [2.24, 2.45) is 4.99 Å². The van der Waals surface area contributed by atoms with Gasteiger partial charge >= 0.3 is 0 Å². The van der Waals surface area contributed by atoms with E-state index in [9.17, 15) is 5.11 Å². The van der Waals surface area contributed by atoms with Gasteiger partial charge in [0, 0.05) is 65.2 Å². The molecule has 15 rings (SSSR count). The van der Waals surface area contributed by atoms with Crippen molar-refractivity contribution in [1.82, 2.24) is 0 Å². The number of ketones is 1. The minimum atomic E-state index is -1.06. The summed E-state index contributed by atoms with van der Waals surface area (Å²) < 4.78 is 0. The molecule has 10 heteroatoms. The second kappa shape index (κ2) is 11.9. The van der Waals surface area contributed by atoms with Gasteiger partial charge in [-0.3, -0.25) is 4.79 Å². The van der Waals surface area contributed by atoms with Crippen molar-refractivity contribution < 1.29 is 9.90 Å². The number of nitrogens with one attached hydrogen (secondary N) is 3. The fourth-order valence-electron chi connectivity index (χ4n) is 12.5. The molecule has 0 atom stereocenters. The van der Waals surface area contributed by atoms with Gasteiger partial charge in [-0.15, -0.1) is 0 Å². The van der Waals surface area contributed by atoms with Gasteiger partial charge in [0.2, 0.25) is 5.78 Å². The highest BCUT2D eigenvalue weighted by Gasteiger charge is 2.51. The smallest absolute Gasteiger partial charge is 0.202 e. The summed E-state index contributed by atoms with van der Waals surface area (Å²) in [7, 11) is 0. The number of carbonyl (C=O) groups excluding carboxylic acids is 1. The topological polar surface area (TPSA) is 85.8 Å². The van der Waals surface area contributed by atoms with Gasteiger partial charge in [0.1, 0.15) is 5.76 Å². The van der Waals surface area contributed by atoms with Gasteiger partial charge in [0.05, 0.1) is 32.2 Å². The zero-order valence-corrected chi connectivity index (χ0v) is 36.6. The number of aliphatic hydroxyl groups excluding tert-OH is 1. The molecular formula is C54H30Cl4N4O2. The van der Waals surface area contributed by atoms with Crippen LogP contribution >= 0.6 is 46.4 Å². The van der Waals surface area contributed by atoms with Crippen LogP contribution in [0.5, 0.6) is 0 Å². The van der Waals surface area contributed by atoms with Crippen LogP contribution in [0.25, 0.3) is 54.9 Å². The highest BCUT2D eigenvalue weighted by molar-refractivity contribution is 6.55. The molecule has 0 saturated carbocycles. The number of allylic oxidation sites excluding steroid dienone is 2. The third-order valence-electron chi connectivity index (χ3n) is 15.1. The summed E-state index contributed by atoms with van der Waals surface area (Å²) in [5.74, 6) is -0.524. The first-order valence-electron chi connectivity index (χ1n) is 21.5. The number of rotatable bonds is 1. The van der Waals surface area contributed by atoms with E-state index in [-0.39, 0.29) is 22.7 Å². The number of halogens is 4. The molecule has 0 unspecified atom stereocenters. The molecule has 0 amide bonds. The summed E-state index contributed by atoms with van der Waals surface area (Å²) in [6, 6.07) is 37.2. The third-order valence-corrected chi connectivity index (χ3v) is 16.6. The first kappa shape index (κ1) is 36.1. The zero-order valence-electron chi connectivity index (χ0n) is 33.5. The van der Waals surface area contributed by atoms with E-state index < -0.39 is 11.3 Å². The lowest BCUT2D eigenvalue weighted by molar-refractivity contribution is -0.109. The molecule has 0 radical (unpaired) electrons. The Labute approximate surface area is 385 Å². The van der Waals surface area contributed by atoms with Gasteiger partial charge in [-0.25, -0.2) is 4.99 Å². The lowest BCUT2D eigenvalue weighted by Crippen LogP contribution is -2.46. The molecule has 0 aromatic heterocycles. The number of nitrogens with zero attached hydrogens (tertiary/aromatic N) is 1. The van der Waals surface area contributed by atoms with E-state index in [0.29, 0.717) is 67.6 Å². The molecule has 0 bridgehead atoms. The van der Waals surface area contributed by atoms with Crippen molar-refractivity contribution in [2.75, 3.05) is 16.0 Å². The fraction of sp³-hybridized carbons (Fsp3) is 0.111. The lowest BCUT2D eigenvalue weighted by Gasteiger charge is -2.42. The van der Waals surface area contributed by atoms with Gasteiger partial charge < -0.3 is 21.1 Å². The minimum Gasteiger partial charge on any atom is -0.506 e. The Bertz CT molecular complexity index is 3780. The van der Waals surface area contributed by atoms with Gasteiger partial charge in [-0.2, -0.15) is 0 Å². The quantitative estimate of drug-likeness (QED) is 0.132. The predicted molar refractivity (Wildman–Crippen MR) is 258 cm³/mol. The number of aliphatic hydroxyl groups is 1. The molecule has 8 aromatic carbocycles. The number of hydrogen-bond donors (Lipinski definition) is 4. The number of aryl methyl sites for hydroxylation is 4. The van der Waals surface area contributed by atoms with E-state index in [4.69, 9.17) is 51.4 Å². The summed E-state index contributed by atoms with van der Waals surface area (Å²) in [6.45, 7) is 0. The Morgan fingerprint density at radius 1 is 0.531 bits per heavy atom. The number of anilines is 3. The first-order valence-corrected chi connectivity index (χ1v) is 23.0. The number of benzene rings is 8. The standard InChI is InChI=1S/C54H30Cl4N4O2/c55-35-21-37-41-39-27(35)17-19-29(39)47(57)43(49(41)61-53(59-37)31-13-5-1-9-23(31)24-10-2-6-14-32(24)53)45-51(63)46(52(45)64)44-48(58)30-20-18-28-36(56)22-38-42(40(28)30)50(44)62-54(60-38)33-15-7-3-11-25(33)26-12-4-8-16-34(26)54/h1-16,21-22,59-61,63H,17-20H2. The van der Waals surface area contributed by atoms with Crippen LogP contribution in [-0.4, -0.2) is 10.9 Å². The minimum absolute atomic E-state index is 0.125. The van der Waals surface area contributed by atoms with E-state index in [1.54, 1.807) is 0 Å². The highest BCUT2D eigenvalue weighted by Crippen LogP contribution is 2.60. The molecule has 64 heavy (non-hydrogen) atoms. The fourth-order valence-corrected chi connectivity index (χ4v) is 13.9. The lowest BCUT2D eigenvalue weighted by atomic mass is 9.78. The molecular weight excluding hydrogens is 878 g/mol. The van der Waals surface area contributed by atoms with Crippen molar-refractivity contribution in [1.29, 1.82) is 0 Å². The first-order chi connectivity index (χ1) is 31.2. The zero-order chi connectivity index (χ0) is 42.7. The van der Waals surface area contributed by atoms with Gasteiger partial charge in [0.25, 0.3) is 0 Å². The SMILES string of the molecule is O=C1C(c2c(Cl)c3c4c(c(Cl)cc5c4c2NC2(N5)c4ccccc4-c4ccccc42)CC3)=C(O)C1=c1c(Cl)c2c3c(c(Cl)cc4c3c1=NC1(N4)c3ccccc3-c3ccccc31)CC2. The van der Waals surface area contributed by atoms with Crippen LogP contribution in [0.4, 0.5) is 17.1 Å². The highest BCUT2D eigenvalue weighted by atomic mass is 35.5. The van der Waals surface area contributed by atoms with Crippen molar-refractivity contribution in [3.8, 4) is 22.3 Å². The monoisotopic (exact) mass is 906 g/mol. The van der Waals surface area contributed by atoms with Crippen molar-refractivity contribution >= 4 is 102 Å². The van der Waals surface area contributed by atoms with Crippen LogP contribution in [0, 0.1) is 0 Å². The van der Waals surface area contributed by atoms with E-state index in [0.717, 1.165) is 99.7 Å². The molecule has 306 valence electrons. The average Bonchev–Trinajstić information content (AvgIpc) is 4.09. The number of hydrogen-bond acceptors (Lipinski definition) is 6. The molecule has 8 aromatic rings. The predicted octanol–water partition coefficient (Wildman–Crippen LogP) is 12.2. The van der Waals surface area contributed by atoms with Crippen LogP contribution in [0.1, 0.15) is 50.1 Å². The maximum Gasteiger partial charge on any atom is 0.202 e. The van der Waals surface area contributed by atoms with Gasteiger partial charge in [-0.1, -0.05) is 143 Å². The summed E-state index contributed by atoms with van der Waals surface area (Å²) in [5.41, 5.74) is 13.1. The Balaban J connectivity index is 1.05. The molecule has 2 spiro atoms. The summed E-state index contributed by atoms with van der Waals surface area (Å²) in [4.78, 5) is 21.2. The number of carbonyl (C=O) groups is 1. The molecule has 7 aliphatic rings. The molecule has 0 saturated heterocycles. The summed E-state index contributed by atoms with van der Waals surface area (Å²) in [5, 5.41) is 31.3. The van der Waals surface area contributed by atoms with Crippen molar-refractivity contribution in [3.63, 3.8) is 0 Å². The van der Waals surface area contributed by atoms with Crippen LogP contribution < -0.4 is 26.5 Å². The third kappa shape index (κ3) is 4.02. The molecule has 4 N–H and O–H groups in total. The van der Waals surface area contributed by atoms with Crippen molar-refractivity contribution in [2.45, 2.75) is 37.0 Å². The molecule has 5 aliphatic carbocycles. The molecule has 0 fully saturated rings. The Morgan fingerprint density at radius 3 is 1.59 bits per heavy atom. The molecule has 2 heterocycles. The van der Waals surface area contributed by atoms with Crippen LogP contribution in [0.3, 0.4) is 0 Å². The maximum atomic E-state index is 15.5. The maximum absolute atomic E-state index is 15.5. The van der Waals surface area contributed by atoms with E-state index >= 15 is 4.79 Å². The van der Waals surface area contributed by atoms with Crippen molar-refractivity contribution in [3.05, 3.63) is 196 Å². The Kier molecular flexibility index (Phi) is 6.70. The normalized spacial score (nSPS) is 18.4. The van der Waals surface area contributed by atoms with E-state index in [1.807, 2.05) is 60.7 Å². The van der Waals surface area contributed by atoms with Crippen LogP contribution in [0.15, 0.2) is 120 Å². The van der Waals surface area contributed by atoms with Crippen LogP contribution in [0.2, 0.25) is 20.1 Å². The molecule has 6 nitrogen and oxygen atoms in total. The average molecular weight is 909 g/mol. The second-order valence-electron chi connectivity index (χ2n) is 17.9. The summed E-state index contributed by atoms with van der Waals surface area (Å²) in [6.07, 6.45) is 2.68. The van der Waals surface area contributed by atoms with E-state index in [2.05, 4.69) is 64.5 Å². The Morgan fingerprint density at radius 2 is 1.02 bits per heavy atom.